The lowest BCUT2D eigenvalue weighted by Gasteiger charge is -2.16. The van der Waals surface area contributed by atoms with Crippen molar-refractivity contribution in [3.05, 3.63) is 242 Å². The van der Waals surface area contributed by atoms with Gasteiger partial charge >= 0.3 is 0 Å². The Bertz CT molecular complexity index is 3740. The Morgan fingerprint density at radius 1 is 0.485 bits per heavy atom. The summed E-state index contributed by atoms with van der Waals surface area (Å²) in [6, 6.07) is 78.0. The van der Waals surface area contributed by atoms with E-state index in [1.54, 1.807) is 0 Å². The molecular formula is C64H50N4. The monoisotopic (exact) mass is 874 g/mol. The van der Waals surface area contributed by atoms with Gasteiger partial charge in [0.1, 0.15) is 0 Å². The van der Waals surface area contributed by atoms with Crippen molar-refractivity contribution >= 4 is 59.9 Å². The molecule has 0 aliphatic heterocycles. The Labute approximate surface area is 397 Å². The van der Waals surface area contributed by atoms with Gasteiger partial charge in [-0.3, -0.25) is 0 Å². The molecule has 0 fully saturated rings. The number of hydrogen-bond acceptors (Lipinski definition) is 3. The summed E-state index contributed by atoms with van der Waals surface area (Å²) >= 11 is 0. The highest BCUT2D eigenvalue weighted by atomic mass is 15.1. The summed E-state index contributed by atoms with van der Waals surface area (Å²) in [6.07, 6.45) is 1.90. The molecule has 2 heterocycles. The molecule has 0 aliphatic carbocycles. The summed E-state index contributed by atoms with van der Waals surface area (Å²) in [5.74, 6) is 0.712. The van der Waals surface area contributed by atoms with Gasteiger partial charge < -0.3 is 9.47 Å². The first-order valence-corrected chi connectivity index (χ1v) is 23.3. The second-order valence-corrected chi connectivity index (χ2v) is 17.6. The molecule has 0 aliphatic rings. The zero-order chi connectivity index (χ0) is 46.1. The van der Waals surface area contributed by atoms with Crippen LogP contribution in [0, 0.1) is 13.8 Å². The molecule has 2 aromatic heterocycles. The minimum absolute atomic E-state index is 0.712. The van der Waals surface area contributed by atoms with Crippen LogP contribution in [-0.4, -0.2) is 28.1 Å². The van der Waals surface area contributed by atoms with Crippen LogP contribution in [0.1, 0.15) is 11.1 Å². The molecule has 10 aromatic carbocycles. The minimum atomic E-state index is 0.712. The SMILES string of the molecule is C=CCN(C)c1ccccc1.Cc1ccc2c(c1)c1cc(C)c(-c3ccc4nc(-c5ccc(-c6c7ccccc7cc7ccccc67)cc5)nc(-c5ccccc5)c4c3)cc1n2-c1ccccc1. The predicted molar refractivity (Wildman–Crippen MR) is 290 cm³/mol. The summed E-state index contributed by atoms with van der Waals surface area (Å²) in [6.45, 7) is 8.97. The minimum Gasteiger partial charge on any atom is -0.371 e. The maximum absolute atomic E-state index is 5.33. The summed E-state index contributed by atoms with van der Waals surface area (Å²) in [4.78, 5) is 12.7. The van der Waals surface area contributed by atoms with E-state index in [4.69, 9.17) is 9.97 Å². The molecule has 0 amide bonds. The Kier molecular flexibility index (Phi) is 11.1. The lowest BCUT2D eigenvalue weighted by molar-refractivity contribution is 1.03. The molecule has 0 unspecified atom stereocenters. The van der Waals surface area contributed by atoms with Crippen LogP contribution in [0.2, 0.25) is 0 Å². The molecule has 12 rings (SSSR count). The Morgan fingerprint density at radius 3 is 1.78 bits per heavy atom. The average molecular weight is 875 g/mol. The molecule has 0 spiro atoms. The fraction of sp³-hybridized carbons (Fsp3) is 0.0625. The quantitative estimate of drug-likeness (QED) is 0.113. The molecule has 0 bridgehead atoms. The number of nitrogens with zero attached hydrogens (tertiary/aromatic N) is 4. The highest BCUT2D eigenvalue weighted by molar-refractivity contribution is 6.13. The molecule has 326 valence electrons. The fourth-order valence-corrected chi connectivity index (χ4v) is 9.79. The van der Waals surface area contributed by atoms with E-state index in [9.17, 15) is 0 Å². The number of likely N-dealkylation sites (N-methyl/N-ethyl adjacent to an activating group) is 1. The lowest BCUT2D eigenvalue weighted by Crippen LogP contribution is -2.15. The van der Waals surface area contributed by atoms with E-state index >= 15 is 0 Å². The van der Waals surface area contributed by atoms with Gasteiger partial charge in [-0.25, -0.2) is 9.97 Å². The van der Waals surface area contributed by atoms with Crippen molar-refractivity contribution in [1.82, 2.24) is 14.5 Å². The van der Waals surface area contributed by atoms with Crippen LogP contribution >= 0.6 is 0 Å². The van der Waals surface area contributed by atoms with Crippen molar-refractivity contribution in [2.24, 2.45) is 0 Å². The van der Waals surface area contributed by atoms with Gasteiger partial charge in [0.25, 0.3) is 0 Å². The molecule has 0 saturated carbocycles. The van der Waals surface area contributed by atoms with Gasteiger partial charge in [0.05, 0.1) is 22.2 Å². The average Bonchev–Trinajstić information content (AvgIpc) is 3.70. The van der Waals surface area contributed by atoms with Crippen LogP contribution in [0.5, 0.6) is 0 Å². The van der Waals surface area contributed by atoms with E-state index in [1.807, 2.05) is 24.3 Å². The fourth-order valence-electron chi connectivity index (χ4n) is 9.79. The van der Waals surface area contributed by atoms with Gasteiger partial charge in [0.2, 0.25) is 0 Å². The first-order chi connectivity index (χ1) is 33.4. The highest BCUT2D eigenvalue weighted by Gasteiger charge is 2.18. The van der Waals surface area contributed by atoms with E-state index in [2.05, 4.69) is 237 Å². The molecule has 4 nitrogen and oxygen atoms in total. The standard InChI is InChI=1S/C54H37N3.C10H13N/c1-34-21-28-50-46(29-34)47-30-35(2)45(33-51(47)57(50)42-17-7-4-8-18-42)41-26-27-49-48(32-41)53(37-13-5-3-6-14-37)56-54(55-49)38-24-22-36(23-25-38)52-43-19-11-9-15-39(43)31-40-16-10-12-20-44(40)52;1-3-9-11(2)10-7-5-4-6-8-10/h3-33H,1-2H3;3-8H,1,9H2,2H3. The third kappa shape index (κ3) is 7.86. The maximum Gasteiger partial charge on any atom is 0.160 e. The van der Waals surface area contributed by atoms with Gasteiger partial charge in [-0.05, 0) is 130 Å². The maximum atomic E-state index is 5.33. The predicted octanol–water partition coefficient (Wildman–Crippen LogP) is 16.6. The van der Waals surface area contributed by atoms with Gasteiger partial charge in [0.15, 0.2) is 5.82 Å². The van der Waals surface area contributed by atoms with Crippen LogP contribution < -0.4 is 4.90 Å². The second kappa shape index (κ2) is 18.0. The number of benzene rings is 10. The van der Waals surface area contributed by atoms with E-state index in [1.165, 1.54) is 76.9 Å². The van der Waals surface area contributed by atoms with E-state index in [0.717, 1.165) is 45.5 Å². The molecule has 0 atom stereocenters. The molecule has 0 saturated heterocycles. The molecular weight excluding hydrogens is 825 g/mol. The van der Waals surface area contributed by atoms with E-state index in [0.29, 0.717) is 5.82 Å². The summed E-state index contributed by atoms with van der Waals surface area (Å²) < 4.78 is 2.40. The van der Waals surface area contributed by atoms with Crippen molar-refractivity contribution in [2.45, 2.75) is 13.8 Å². The summed E-state index contributed by atoms with van der Waals surface area (Å²) in [7, 11) is 2.05. The van der Waals surface area contributed by atoms with Crippen molar-refractivity contribution < 1.29 is 0 Å². The van der Waals surface area contributed by atoms with Crippen LogP contribution in [0.25, 0.3) is 105 Å². The smallest absolute Gasteiger partial charge is 0.160 e. The van der Waals surface area contributed by atoms with Crippen LogP contribution in [0.3, 0.4) is 0 Å². The first kappa shape index (κ1) is 42.1. The topological polar surface area (TPSA) is 34.0 Å². The van der Waals surface area contributed by atoms with Gasteiger partial charge in [-0.2, -0.15) is 0 Å². The number of fused-ring (bicyclic) bond motifs is 6. The van der Waals surface area contributed by atoms with Crippen LogP contribution in [0.4, 0.5) is 5.69 Å². The number of aryl methyl sites for hydroxylation is 2. The van der Waals surface area contributed by atoms with Crippen molar-refractivity contribution in [3.8, 4) is 50.6 Å². The molecule has 4 heteroatoms. The van der Waals surface area contributed by atoms with E-state index < -0.39 is 0 Å². The van der Waals surface area contributed by atoms with Gasteiger partial charge in [-0.15, -0.1) is 6.58 Å². The second-order valence-electron chi connectivity index (χ2n) is 17.6. The lowest BCUT2D eigenvalue weighted by atomic mass is 9.91. The normalized spacial score (nSPS) is 11.3. The molecule has 68 heavy (non-hydrogen) atoms. The van der Waals surface area contributed by atoms with Gasteiger partial charge in [-0.1, -0.05) is 163 Å². The number of aromatic nitrogens is 3. The third-order valence-electron chi connectivity index (χ3n) is 13.1. The number of anilines is 1. The first-order valence-electron chi connectivity index (χ1n) is 23.3. The summed E-state index contributed by atoms with van der Waals surface area (Å²) in [5, 5.41) is 8.54. The largest absolute Gasteiger partial charge is 0.371 e. The van der Waals surface area contributed by atoms with Crippen molar-refractivity contribution in [1.29, 1.82) is 0 Å². The van der Waals surface area contributed by atoms with Crippen molar-refractivity contribution in [2.75, 3.05) is 18.5 Å². The highest BCUT2D eigenvalue weighted by Crippen LogP contribution is 2.40. The number of hydrogen-bond donors (Lipinski definition) is 0. The number of rotatable bonds is 8. The molecule has 12 aromatic rings. The Morgan fingerprint density at radius 2 is 1.09 bits per heavy atom. The summed E-state index contributed by atoms with van der Waals surface area (Å²) in [5.41, 5.74) is 15.9. The van der Waals surface area contributed by atoms with Crippen LogP contribution in [-0.2, 0) is 0 Å². The molecule has 0 radical (unpaired) electrons. The number of para-hydroxylation sites is 2. The zero-order valence-corrected chi connectivity index (χ0v) is 38.6. The third-order valence-corrected chi connectivity index (χ3v) is 13.1. The van der Waals surface area contributed by atoms with Gasteiger partial charge in [0, 0.05) is 52.3 Å². The van der Waals surface area contributed by atoms with Crippen LogP contribution in [0.15, 0.2) is 231 Å². The zero-order valence-electron chi connectivity index (χ0n) is 38.6. The molecule has 0 N–H and O–H groups in total. The Balaban J connectivity index is 0.000000408. The van der Waals surface area contributed by atoms with Crippen molar-refractivity contribution in [3.63, 3.8) is 0 Å². The van der Waals surface area contributed by atoms with E-state index in [-0.39, 0.29) is 0 Å². The Hall–Kier alpha value is -8.60.